The number of carbonyl (C=O) groups excluding carboxylic acids is 2. The van der Waals surface area contributed by atoms with Gasteiger partial charge in [-0.1, -0.05) is 40.2 Å². The van der Waals surface area contributed by atoms with E-state index in [0.29, 0.717) is 5.56 Å². The largest absolute Gasteiger partial charge is 0.447 e. The lowest BCUT2D eigenvalue weighted by molar-refractivity contribution is -0.156. The van der Waals surface area contributed by atoms with Crippen molar-refractivity contribution < 1.29 is 18.7 Å². The van der Waals surface area contributed by atoms with Crippen molar-refractivity contribution >= 4 is 27.8 Å². The topological polar surface area (TPSA) is 55.4 Å². The van der Waals surface area contributed by atoms with Gasteiger partial charge in [0.25, 0.3) is 5.91 Å². The summed E-state index contributed by atoms with van der Waals surface area (Å²) in [7, 11) is 0. The van der Waals surface area contributed by atoms with Gasteiger partial charge < -0.3 is 10.1 Å². The van der Waals surface area contributed by atoms with Crippen LogP contribution >= 0.6 is 15.9 Å². The molecule has 1 atom stereocenters. The number of hydrogen-bond acceptors (Lipinski definition) is 3. The summed E-state index contributed by atoms with van der Waals surface area (Å²) in [6.07, 6.45) is 0.828. The second-order valence-corrected chi connectivity index (χ2v) is 6.92. The summed E-state index contributed by atoms with van der Waals surface area (Å²) in [5.41, 5.74) is 1.23. The van der Waals surface area contributed by atoms with Crippen LogP contribution in [-0.2, 0) is 20.7 Å². The van der Waals surface area contributed by atoms with E-state index >= 15 is 0 Å². The zero-order valence-corrected chi connectivity index (χ0v) is 15.0. The van der Waals surface area contributed by atoms with E-state index in [2.05, 4.69) is 21.2 Å². The summed E-state index contributed by atoms with van der Waals surface area (Å²) in [6, 6.07) is 12.8. The number of rotatable bonds is 6. The Labute approximate surface area is 153 Å². The molecular formula is C19H17BrFNO3. The van der Waals surface area contributed by atoms with E-state index in [0.717, 1.165) is 22.9 Å². The van der Waals surface area contributed by atoms with Crippen molar-refractivity contribution in [2.75, 3.05) is 0 Å². The van der Waals surface area contributed by atoms with E-state index in [4.69, 9.17) is 4.74 Å². The molecule has 1 aliphatic rings. The first-order valence-corrected chi connectivity index (χ1v) is 8.80. The average molecular weight is 406 g/mol. The molecular weight excluding hydrogens is 389 g/mol. The first-order chi connectivity index (χ1) is 12.0. The maximum absolute atomic E-state index is 13.1. The Morgan fingerprint density at radius 1 is 1.12 bits per heavy atom. The predicted octanol–water partition coefficient (Wildman–Crippen LogP) is 3.69. The molecule has 0 bridgehead atoms. The van der Waals surface area contributed by atoms with Crippen LogP contribution in [0.2, 0.25) is 0 Å². The van der Waals surface area contributed by atoms with Gasteiger partial charge in [0.2, 0.25) is 6.10 Å². The second kappa shape index (κ2) is 7.78. The van der Waals surface area contributed by atoms with Crippen LogP contribution in [-0.4, -0.2) is 17.9 Å². The van der Waals surface area contributed by atoms with Gasteiger partial charge in [0.1, 0.15) is 5.82 Å². The molecule has 0 heterocycles. The van der Waals surface area contributed by atoms with Crippen LogP contribution < -0.4 is 5.32 Å². The van der Waals surface area contributed by atoms with E-state index in [1.807, 2.05) is 24.3 Å². The zero-order chi connectivity index (χ0) is 17.8. The lowest BCUT2D eigenvalue weighted by Gasteiger charge is -2.18. The predicted molar refractivity (Wildman–Crippen MR) is 94.2 cm³/mol. The maximum atomic E-state index is 13.1. The Morgan fingerprint density at radius 2 is 1.76 bits per heavy atom. The highest BCUT2D eigenvalue weighted by Crippen LogP contribution is 2.24. The summed E-state index contributed by atoms with van der Waals surface area (Å²) < 4.78 is 19.5. The van der Waals surface area contributed by atoms with Crippen molar-refractivity contribution in [1.82, 2.24) is 5.32 Å². The van der Waals surface area contributed by atoms with Crippen LogP contribution in [0.4, 0.5) is 4.39 Å². The van der Waals surface area contributed by atoms with Crippen LogP contribution in [0, 0.1) is 5.82 Å². The normalized spacial score (nSPS) is 14.6. The fraction of sp³-hybridized carbons (Fsp3) is 0.263. The fourth-order valence-corrected chi connectivity index (χ4v) is 2.62. The summed E-state index contributed by atoms with van der Waals surface area (Å²) in [5.74, 6) is -1.30. The van der Waals surface area contributed by atoms with Gasteiger partial charge in [-0.15, -0.1) is 0 Å². The van der Waals surface area contributed by atoms with Crippen LogP contribution in [0.3, 0.4) is 0 Å². The Morgan fingerprint density at radius 3 is 2.36 bits per heavy atom. The van der Waals surface area contributed by atoms with Gasteiger partial charge in [-0.3, -0.25) is 9.59 Å². The maximum Gasteiger partial charge on any atom is 0.311 e. The number of amides is 1. The molecule has 1 unspecified atom stereocenters. The quantitative estimate of drug-likeness (QED) is 0.745. The van der Waals surface area contributed by atoms with Crippen molar-refractivity contribution in [2.24, 2.45) is 0 Å². The molecule has 0 spiro atoms. The lowest BCUT2D eigenvalue weighted by atomic mass is 10.1. The fourth-order valence-electron chi connectivity index (χ4n) is 2.36. The van der Waals surface area contributed by atoms with Gasteiger partial charge in [-0.2, -0.15) is 0 Å². The van der Waals surface area contributed by atoms with E-state index in [1.54, 1.807) is 0 Å². The molecule has 1 saturated carbocycles. The number of ether oxygens (including phenoxy) is 1. The van der Waals surface area contributed by atoms with E-state index in [9.17, 15) is 14.0 Å². The first-order valence-electron chi connectivity index (χ1n) is 8.01. The third kappa shape index (κ3) is 5.13. The molecule has 2 aromatic rings. The SMILES string of the molecule is O=C(Cc1ccc(Br)cc1)OC(C(=O)NC1CC1)c1ccc(F)cc1. The zero-order valence-electron chi connectivity index (χ0n) is 13.4. The average Bonchev–Trinajstić information content (AvgIpc) is 3.40. The molecule has 2 aromatic carbocycles. The molecule has 4 nitrogen and oxygen atoms in total. The van der Waals surface area contributed by atoms with Crippen molar-refractivity contribution in [3.63, 3.8) is 0 Å². The van der Waals surface area contributed by atoms with Gasteiger partial charge in [0.05, 0.1) is 6.42 Å². The summed E-state index contributed by atoms with van der Waals surface area (Å²) >= 11 is 3.34. The van der Waals surface area contributed by atoms with E-state index < -0.39 is 17.9 Å². The minimum absolute atomic E-state index is 0.0572. The van der Waals surface area contributed by atoms with Crippen LogP contribution in [0.25, 0.3) is 0 Å². The smallest absolute Gasteiger partial charge is 0.311 e. The molecule has 0 saturated heterocycles. The van der Waals surface area contributed by atoms with Gasteiger partial charge >= 0.3 is 5.97 Å². The van der Waals surface area contributed by atoms with Crippen LogP contribution in [0.5, 0.6) is 0 Å². The molecule has 1 fully saturated rings. The summed E-state index contributed by atoms with van der Waals surface area (Å²) in [5, 5.41) is 2.83. The van der Waals surface area contributed by atoms with Crippen molar-refractivity contribution in [3.8, 4) is 0 Å². The summed E-state index contributed by atoms with van der Waals surface area (Å²) in [4.78, 5) is 24.7. The highest BCUT2D eigenvalue weighted by atomic mass is 79.9. The minimum atomic E-state index is -1.08. The molecule has 130 valence electrons. The molecule has 3 rings (SSSR count). The van der Waals surface area contributed by atoms with Crippen molar-refractivity contribution in [2.45, 2.75) is 31.4 Å². The lowest BCUT2D eigenvalue weighted by Crippen LogP contribution is -2.33. The van der Waals surface area contributed by atoms with Gasteiger partial charge in [-0.05, 0) is 42.7 Å². The summed E-state index contributed by atoms with van der Waals surface area (Å²) in [6.45, 7) is 0. The highest BCUT2D eigenvalue weighted by molar-refractivity contribution is 9.10. The third-order valence-corrected chi connectivity index (χ3v) is 4.37. The number of nitrogens with one attached hydrogen (secondary N) is 1. The van der Waals surface area contributed by atoms with Crippen LogP contribution in [0.15, 0.2) is 53.0 Å². The Balaban J connectivity index is 1.71. The molecule has 25 heavy (non-hydrogen) atoms. The molecule has 6 heteroatoms. The third-order valence-electron chi connectivity index (χ3n) is 3.85. The monoisotopic (exact) mass is 405 g/mol. The second-order valence-electron chi connectivity index (χ2n) is 6.01. The van der Waals surface area contributed by atoms with E-state index in [-0.39, 0.29) is 18.4 Å². The first kappa shape index (κ1) is 17.6. The van der Waals surface area contributed by atoms with Crippen LogP contribution in [0.1, 0.15) is 30.1 Å². The number of halogens is 2. The molecule has 0 aliphatic heterocycles. The standard InChI is InChI=1S/C19H17BrFNO3/c20-14-5-1-12(2-6-14)11-17(23)25-18(19(24)22-16-9-10-16)13-3-7-15(21)8-4-13/h1-8,16,18H,9-11H2,(H,22,24). The van der Waals surface area contributed by atoms with Gasteiger partial charge in [-0.25, -0.2) is 4.39 Å². The van der Waals surface area contributed by atoms with Crippen molar-refractivity contribution in [3.05, 3.63) is 69.9 Å². The van der Waals surface area contributed by atoms with Gasteiger partial charge in [0, 0.05) is 16.1 Å². The number of benzene rings is 2. The Kier molecular flexibility index (Phi) is 5.48. The molecule has 0 radical (unpaired) electrons. The number of carbonyl (C=O) groups is 2. The molecule has 1 amide bonds. The number of esters is 1. The van der Waals surface area contributed by atoms with Crippen molar-refractivity contribution in [1.29, 1.82) is 0 Å². The molecule has 1 N–H and O–H groups in total. The minimum Gasteiger partial charge on any atom is -0.447 e. The highest BCUT2D eigenvalue weighted by Gasteiger charge is 2.30. The van der Waals surface area contributed by atoms with Gasteiger partial charge in [0.15, 0.2) is 0 Å². The molecule has 0 aromatic heterocycles. The molecule has 1 aliphatic carbocycles. The van der Waals surface area contributed by atoms with E-state index in [1.165, 1.54) is 24.3 Å². The Hall–Kier alpha value is -2.21. The number of hydrogen-bond donors (Lipinski definition) is 1. The Bertz CT molecular complexity index is 757.